The van der Waals surface area contributed by atoms with Crippen LogP contribution >= 0.6 is 11.6 Å². The molecule has 20 heavy (non-hydrogen) atoms. The molecular formula is C16H24ClN3. The topological polar surface area (TPSA) is 21.1 Å². The molecule has 0 atom stereocenters. The van der Waals surface area contributed by atoms with Crippen LogP contribution in [0, 0.1) is 6.92 Å². The van der Waals surface area contributed by atoms with Crippen LogP contribution in [0.5, 0.6) is 0 Å². The van der Waals surface area contributed by atoms with Crippen molar-refractivity contribution in [3.8, 4) is 0 Å². The molecule has 0 spiro atoms. The largest absolute Gasteiger partial charge is 0.326 e. The molecule has 0 saturated heterocycles. The van der Waals surface area contributed by atoms with Gasteiger partial charge >= 0.3 is 0 Å². The molecule has 0 aliphatic rings. The van der Waals surface area contributed by atoms with Crippen LogP contribution in [-0.2, 0) is 13.0 Å². The SMILES string of the molecule is Cc1cccc2c1nc(CCCl)n2CC(C)(C)N(C)C. The zero-order valence-corrected chi connectivity index (χ0v) is 13.8. The van der Waals surface area contributed by atoms with Crippen molar-refractivity contribution in [1.82, 2.24) is 14.5 Å². The van der Waals surface area contributed by atoms with Crippen molar-refractivity contribution in [2.75, 3.05) is 20.0 Å². The molecule has 3 nitrogen and oxygen atoms in total. The zero-order valence-electron chi connectivity index (χ0n) is 13.1. The summed E-state index contributed by atoms with van der Waals surface area (Å²) in [6.45, 7) is 7.52. The minimum Gasteiger partial charge on any atom is -0.326 e. The normalized spacial score (nSPS) is 12.6. The molecule has 0 radical (unpaired) electrons. The number of benzene rings is 1. The van der Waals surface area contributed by atoms with Crippen LogP contribution in [0.2, 0.25) is 0 Å². The molecule has 0 unspecified atom stereocenters. The predicted octanol–water partition coefficient (Wildman–Crippen LogP) is 3.47. The van der Waals surface area contributed by atoms with E-state index in [9.17, 15) is 0 Å². The average molecular weight is 294 g/mol. The Morgan fingerprint density at radius 1 is 1.30 bits per heavy atom. The summed E-state index contributed by atoms with van der Waals surface area (Å²) >= 11 is 5.95. The smallest absolute Gasteiger partial charge is 0.111 e. The Morgan fingerprint density at radius 2 is 2.00 bits per heavy atom. The quantitative estimate of drug-likeness (QED) is 0.787. The first-order valence-corrected chi connectivity index (χ1v) is 7.58. The number of alkyl halides is 1. The summed E-state index contributed by atoms with van der Waals surface area (Å²) in [6.07, 6.45) is 0.805. The fourth-order valence-electron chi connectivity index (χ4n) is 2.32. The Balaban J connectivity index is 2.54. The van der Waals surface area contributed by atoms with Gasteiger partial charge in [0.2, 0.25) is 0 Å². The molecule has 1 aromatic carbocycles. The monoisotopic (exact) mass is 293 g/mol. The van der Waals surface area contributed by atoms with Crippen molar-refractivity contribution in [3.63, 3.8) is 0 Å². The van der Waals surface area contributed by atoms with Crippen LogP contribution in [0.25, 0.3) is 11.0 Å². The molecule has 1 heterocycles. The fourth-order valence-corrected chi connectivity index (χ4v) is 2.48. The molecule has 0 aliphatic heterocycles. The van der Waals surface area contributed by atoms with Gasteiger partial charge in [0.05, 0.1) is 11.0 Å². The van der Waals surface area contributed by atoms with Gasteiger partial charge in [0.25, 0.3) is 0 Å². The lowest BCUT2D eigenvalue weighted by Crippen LogP contribution is -2.42. The number of fused-ring (bicyclic) bond motifs is 1. The van der Waals surface area contributed by atoms with Gasteiger partial charge in [-0.2, -0.15) is 0 Å². The van der Waals surface area contributed by atoms with E-state index >= 15 is 0 Å². The van der Waals surface area contributed by atoms with Crippen LogP contribution in [0.4, 0.5) is 0 Å². The number of aryl methyl sites for hydroxylation is 2. The Labute approximate surface area is 126 Å². The first kappa shape index (κ1) is 15.3. The summed E-state index contributed by atoms with van der Waals surface area (Å²) in [6, 6.07) is 6.36. The van der Waals surface area contributed by atoms with Gasteiger partial charge in [-0.3, -0.25) is 0 Å². The summed E-state index contributed by atoms with van der Waals surface area (Å²) in [4.78, 5) is 7.05. The Morgan fingerprint density at radius 3 is 2.60 bits per heavy atom. The average Bonchev–Trinajstić information content (AvgIpc) is 2.69. The van der Waals surface area contributed by atoms with Crippen molar-refractivity contribution >= 4 is 22.6 Å². The van der Waals surface area contributed by atoms with Crippen molar-refractivity contribution in [2.45, 2.75) is 39.3 Å². The number of nitrogens with zero attached hydrogens (tertiary/aromatic N) is 3. The zero-order chi connectivity index (χ0) is 14.9. The van der Waals surface area contributed by atoms with E-state index in [0.717, 1.165) is 24.3 Å². The van der Waals surface area contributed by atoms with Gasteiger partial charge in [-0.25, -0.2) is 4.98 Å². The van der Waals surface area contributed by atoms with Crippen LogP contribution in [0.15, 0.2) is 18.2 Å². The minimum absolute atomic E-state index is 0.0679. The lowest BCUT2D eigenvalue weighted by molar-refractivity contribution is 0.170. The van der Waals surface area contributed by atoms with E-state index in [0.29, 0.717) is 5.88 Å². The number of para-hydroxylation sites is 1. The lowest BCUT2D eigenvalue weighted by Gasteiger charge is -2.33. The fraction of sp³-hybridized carbons (Fsp3) is 0.562. The van der Waals surface area contributed by atoms with Crippen molar-refractivity contribution in [2.24, 2.45) is 0 Å². The summed E-state index contributed by atoms with van der Waals surface area (Å²) in [7, 11) is 4.23. The maximum atomic E-state index is 5.95. The first-order chi connectivity index (χ1) is 9.36. The van der Waals surface area contributed by atoms with Gasteiger partial charge in [0.15, 0.2) is 0 Å². The molecule has 0 fully saturated rings. The number of imidazole rings is 1. The second kappa shape index (κ2) is 5.74. The lowest BCUT2D eigenvalue weighted by atomic mass is 10.0. The van der Waals surface area contributed by atoms with E-state index in [1.54, 1.807) is 0 Å². The highest BCUT2D eigenvalue weighted by atomic mass is 35.5. The molecule has 2 rings (SSSR count). The molecule has 4 heteroatoms. The van der Waals surface area contributed by atoms with E-state index in [1.165, 1.54) is 11.1 Å². The molecular weight excluding hydrogens is 270 g/mol. The Kier molecular flexibility index (Phi) is 4.40. The van der Waals surface area contributed by atoms with Crippen LogP contribution < -0.4 is 0 Å². The van der Waals surface area contributed by atoms with E-state index in [1.807, 2.05) is 0 Å². The third-order valence-electron chi connectivity index (χ3n) is 4.13. The van der Waals surface area contributed by atoms with Gasteiger partial charge < -0.3 is 9.47 Å². The second-order valence-electron chi connectivity index (χ2n) is 6.20. The number of hydrogen-bond donors (Lipinski definition) is 0. The van der Waals surface area contributed by atoms with Crippen LogP contribution in [0.3, 0.4) is 0 Å². The summed E-state index contributed by atoms with van der Waals surface area (Å²) < 4.78 is 2.32. The molecule has 1 aromatic heterocycles. The summed E-state index contributed by atoms with van der Waals surface area (Å²) in [5.74, 6) is 1.68. The number of aromatic nitrogens is 2. The Hall–Kier alpha value is -1.06. The van der Waals surface area contributed by atoms with Gasteiger partial charge in [-0.1, -0.05) is 12.1 Å². The molecule has 2 aromatic rings. The van der Waals surface area contributed by atoms with E-state index < -0.39 is 0 Å². The third-order valence-corrected chi connectivity index (χ3v) is 4.32. The van der Waals surface area contributed by atoms with Crippen LogP contribution in [0.1, 0.15) is 25.2 Å². The van der Waals surface area contributed by atoms with Gasteiger partial charge in [0.1, 0.15) is 5.82 Å². The van der Waals surface area contributed by atoms with Gasteiger partial charge in [-0.15, -0.1) is 11.6 Å². The van der Waals surface area contributed by atoms with E-state index in [2.05, 4.69) is 62.5 Å². The number of halogens is 1. The van der Waals surface area contributed by atoms with Crippen molar-refractivity contribution in [1.29, 1.82) is 0 Å². The van der Waals surface area contributed by atoms with E-state index in [4.69, 9.17) is 16.6 Å². The highest BCUT2D eigenvalue weighted by Gasteiger charge is 2.24. The number of hydrogen-bond acceptors (Lipinski definition) is 2. The summed E-state index contributed by atoms with van der Waals surface area (Å²) in [5.41, 5.74) is 3.60. The highest BCUT2D eigenvalue weighted by Crippen LogP contribution is 2.24. The first-order valence-electron chi connectivity index (χ1n) is 7.05. The highest BCUT2D eigenvalue weighted by molar-refractivity contribution is 6.17. The molecule has 0 bridgehead atoms. The third kappa shape index (κ3) is 2.84. The van der Waals surface area contributed by atoms with Crippen molar-refractivity contribution in [3.05, 3.63) is 29.6 Å². The van der Waals surface area contributed by atoms with E-state index in [-0.39, 0.29) is 5.54 Å². The molecule has 0 aliphatic carbocycles. The van der Waals surface area contributed by atoms with Gasteiger partial charge in [0, 0.05) is 24.4 Å². The number of rotatable bonds is 5. The molecule has 0 N–H and O–H groups in total. The minimum atomic E-state index is 0.0679. The number of likely N-dealkylation sites (N-methyl/N-ethyl adjacent to an activating group) is 1. The molecule has 110 valence electrons. The molecule has 0 amide bonds. The maximum absolute atomic E-state index is 5.95. The second-order valence-corrected chi connectivity index (χ2v) is 6.58. The van der Waals surface area contributed by atoms with Crippen molar-refractivity contribution < 1.29 is 0 Å². The maximum Gasteiger partial charge on any atom is 0.111 e. The van der Waals surface area contributed by atoms with Crippen LogP contribution in [-0.4, -0.2) is 40.0 Å². The Bertz CT molecular complexity index is 599. The predicted molar refractivity (Wildman–Crippen MR) is 86.7 cm³/mol. The summed E-state index contributed by atoms with van der Waals surface area (Å²) in [5, 5.41) is 0. The standard InChI is InChI=1S/C16H24ClN3/c1-12-7-6-8-13-15(12)18-14(9-10-17)20(13)11-16(2,3)19(4)5/h6-8H,9-11H2,1-5H3. The molecule has 0 saturated carbocycles. The van der Waals surface area contributed by atoms with Gasteiger partial charge in [-0.05, 0) is 46.5 Å².